The molecule has 3 N–H and O–H groups in total. The number of amides is 2. The highest BCUT2D eigenvalue weighted by Gasteiger charge is 2.18. The predicted molar refractivity (Wildman–Crippen MR) is 101 cm³/mol. The van der Waals surface area contributed by atoms with Crippen molar-refractivity contribution in [3.8, 4) is 0 Å². The molecular weight excluding hydrogens is 316 g/mol. The minimum Gasteiger partial charge on any atom is -0.396 e. The predicted octanol–water partition coefficient (Wildman–Crippen LogP) is 2.67. The second kappa shape index (κ2) is 9.61. The molecule has 2 amide bonds. The first kappa shape index (κ1) is 19.5. The molecule has 1 saturated heterocycles. The van der Waals surface area contributed by atoms with Gasteiger partial charge in [0.25, 0.3) is 0 Å². The molecule has 1 fully saturated rings. The van der Waals surface area contributed by atoms with Crippen LogP contribution in [0.2, 0.25) is 0 Å². The molecule has 0 saturated carbocycles. The molecule has 1 aliphatic heterocycles. The first-order valence-corrected chi connectivity index (χ1v) is 9.33. The van der Waals surface area contributed by atoms with Crippen LogP contribution in [-0.2, 0) is 6.54 Å². The summed E-state index contributed by atoms with van der Waals surface area (Å²) in [6.07, 6.45) is 7.51. The Morgan fingerprint density at radius 1 is 1.24 bits per heavy atom. The van der Waals surface area contributed by atoms with Crippen LogP contribution in [0.3, 0.4) is 0 Å². The summed E-state index contributed by atoms with van der Waals surface area (Å²) in [7, 11) is 0. The number of aliphatic hydroxyl groups is 1. The smallest absolute Gasteiger partial charge is 0.315 e. The molecule has 0 bridgehead atoms. The van der Waals surface area contributed by atoms with Crippen molar-refractivity contribution in [2.75, 3.05) is 31.1 Å². The van der Waals surface area contributed by atoms with E-state index < -0.39 is 0 Å². The number of urea groups is 1. The monoisotopic (exact) mass is 348 g/mol. The Morgan fingerprint density at radius 3 is 2.64 bits per heavy atom. The first-order valence-electron chi connectivity index (χ1n) is 9.33. The van der Waals surface area contributed by atoms with Crippen LogP contribution in [0.5, 0.6) is 0 Å². The Bertz CT molecular complexity index is 540. The van der Waals surface area contributed by atoms with E-state index >= 15 is 0 Å². The van der Waals surface area contributed by atoms with Gasteiger partial charge in [0, 0.05) is 39.0 Å². The van der Waals surface area contributed by atoms with Gasteiger partial charge in [0.1, 0.15) is 5.82 Å². The molecule has 6 nitrogen and oxygen atoms in total. The third-order valence-electron chi connectivity index (χ3n) is 4.71. The van der Waals surface area contributed by atoms with Gasteiger partial charge in [-0.25, -0.2) is 9.78 Å². The maximum Gasteiger partial charge on any atom is 0.315 e. The molecule has 25 heavy (non-hydrogen) atoms. The average molecular weight is 348 g/mol. The van der Waals surface area contributed by atoms with Gasteiger partial charge in [-0.15, -0.1) is 0 Å². The number of aliphatic hydroxyl groups excluding tert-OH is 1. The van der Waals surface area contributed by atoms with Crippen molar-refractivity contribution < 1.29 is 9.90 Å². The number of nitrogens with zero attached hydrogens (tertiary/aromatic N) is 2. The van der Waals surface area contributed by atoms with Crippen LogP contribution in [0.15, 0.2) is 18.3 Å². The van der Waals surface area contributed by atoms with Crippen LogP contribution in [0.4, 0.5) is 10.6 Å². The highest BCUT2D eigenvalue weighted by molar-refractivity contribution is 5.73. The minimum absolute atomic E-state index is 0.108. The van der Waals surface area contributed by atoms with Crippen LogP contribution >= 0.6 is 0 Å². The number of carbonyl (C=O) groups is 1. The Morgan fingerprint density at radius 2 is 1.96 bits per heavy atom. The van der Waals surface area contributed by atoms with E-state index in [2.05, 4.69) is 26.6 Å². The van der Waals surface area contributed by atoms with E-state index in [0.29, 0.717) is 19.5 Å². The zero-order valence-electron chi connectivity index (χ0n) is 15.6. The number of nitrogens with one attached hydrogen (secondary N) is 2. The lowest BCUT2D eigenvalue weighted by Gasteiger charge is -2.24. The zero-order chi connectivity index (χ0) is 18.1. The van der Waals surface area contributed by atoms with E-state index in [4.69, 9.17) is 5.11 Å². The third-order valence-corrected chi connectivity index (χ3v) is 4.71. The third kappa shape index (κ3) is 6.90. The summed E-state index contributed by atoms with van der Waals surface area (Å²) in [5.74, 6) is 1.01. The van der Waals surface area contributed by atoms with Crippen LogP contribution in [0.1, 0.15) is 51.5 Å². The molecule has 2 heterocycles. The van der Waals surface area contributed by atoms with E-state index in [0.717, 1.165) is 24.5 Å². The second-order valence-electron chi connectivity index (χ2n) is 7.60. The quantitative estimate of drug-likeness (QED) is 0.708. The van der Waals surface area contributed by atoms with E-state index in [1.165, 1.54) is 25.7 Å². The van der Waals surface area contributed by atoms with Crippen LogP contribution in [-0.4, -0.2) is 42.4 Å². The Labute approximate surface area is 151 Å². The highest BCUT2D eigenvalue weighted by Crippen LogP contribution is 2.19. The molecular formula is C19H32N4O2. The van der Waals surface area contributed by atoms with Crippen molar-refractivity contribution in [1.29, 1.82) is 0 Å². The lowest BCUT2D eigenvalue weighted by atomic mass is 9.90. The molecule has 1 aromatic heterocycles. The van der Waals surface area contributed by atoms with Gasteiger partial charge in [0.2, 0.25) is 0 Å². The Balaban J connectivity index is 1.82. The number of aromatic nitrogens is 1. The Hall–Kier alpha value is -1.82. The average Bonchev–Trinajstić information content (AvgIpc) is 2.88. The molecule has 1 aliphatic rings. The summed E-state index contributed by atoms with van der Waals surface area (Å²) in [6, 6.07) is 3.83. The molecule has 0 aliphatic carbocycles. The fourth-order valence-corrected chi connectivity index (χ4v) is 3.00. The SMILES string of the molecule is CC(C)(CCO)CNC(=O)NCc1ccnc(N2CCCCCC2)c1. The van der Waals surface area contributed by atoms with E-state index in [1.54, 1.807) is 0 Å². The molecule has 140 valence electrons. The maximum absolute atomic E-state index is 12.0. The van der Waals surface area contributed by atoms with Gasteiger partial charge in [-0.3, -0.25) is 0 Å². The standard InChI is InChI=1S/C19H32N4O2/c1-19(2,8-12-24)15-22-18(25)21-14-16-7-9-20-17(13-16)23-10-5-3-4-6-11-23/h7,9,13,24H,3-6,8,10-12,14-15H2,1-2H3,(H2,21,22,25). The van der Waals surface area contributed by atoms with Crippen LogP contribution < -0.4 is 15.5 Å². The van der Waals surface area contributed by atoms with Crippen molar-refractivity contribution in [1.82, 2.24) is 15.6 Å². The van der Waals surface area contributed by atoms with Gasteiger partial charge in [-0.2, -0.15) is 0 Å². The van der Waals surface area contributed by atoms with Gasteiger partial charge in [0.05, 0.1) is 0 Å². The van der Waals surface area contributed by atoms with Gasteiger partial charge >= 0.3 is 6.03 Å². The minimum atomic E-state index is -0.181. The molecule has 0 aromatic carbocycles. The lowest BCUT2D eigenvalue weighted by Crippen LogP contribution is -2.40. The van der Waals surface area contributed by atoms with Gasteiger partial charge in [-0.05, 0) is 42.4 Å². The molecule has 0 atom stereocenters. The van der Waals surface area contributed by atoms with E-state index in [1.807, 2.05) is 26.1 Å². The number of hydrogen-bond acceptors (Lipinski definition) is 4. The summed E-state index contributed by atoms with van der Waals surface area (Å²) in [5, 5.41) is 14.8. The molecule has 0 radical (unpaired) electrons. The molecule has 0 spiro atoms. The summed E-state index contributed by atoms with van der Waals surface area (Å²) >= 11 is 0. The second-order valence-corrected chi connectivity index (χ2v) is 7.60. The number of pyridine rings is 1. The summed E-state index contributed by atoms with van der Waals surface area (Å²) in [4.78, 5) is 18.8. The number of anilines is 1. The van der Waals surface area contributed by atoms with E-state index in [-0.39, 0.29) is 18.1 Å². The Kier molecular flexibility index (Phi) is 7.50. The number of rotatable bonds is 7. The largest absolute Gasteiger partial charge is 0.396 e. The fraction of sp³-hybridized carbons (Fsp3) is 0.684. The van der Waals surface area contributed by atoms with Gasteiger partial charge in [-0.1, -0.05) is 26.7 Å². The highest BCUT2D eigenvalue weighted by atomic mass is 16.3. The lowest BCUT2D eigenvalue weighted by molar-refractivity contribution is 0.201. The molecule has 6 heteroatoms. The van der Waals surface area contributed by atoms with Crippen LogP contribution in [0.25, 0.3) is 0 Å². The zero-order valence-corrected chi connectivity index (χ0v) is 15.6. The number of hydrogen-bond donors (Lipinski definition) is 3. The van der Waals surface area contributed by atoms with Crippen LogP contribution in [0, 0.1) is 5.41 Å². The van der Waals surface area contributed by atoms with Gasteiger partial charge in [0.15, 0.2) is 0 Å². The van der Waals surface area contributed by atoms with Crippen molar-refractivity contribution in [2.45, 2.75) is 52.5 Å². The number of carbonyl (C=O) groups excluding carboxylic acids is 1. The van der Waals surface area contributed by atoms with Gasteiger partial charge < -0.3 is 20.6 Å². The van der Waals surface area contributed by atoms with Crippen molar-refractivity contribution in [2.24, 2.45) is 5.41 Å². The van der Waals surface area contributed by atoms with Crippen molar-refractivity contribution >= 4 is 11.8 Å². The topological polar surface area (TPSA) is 77.5 Å². The molecule has 1 aromatic rings. The molecule has 0 unspecified atom stereocenters. The summed E-state index contributed by atoms with van der Waals surface area (Å²) < 4.78 is 0. The summed E-state index contributed by atoms with van der Waals surface area (Å²) in [5.41, 5.74) is 0.946. The fourth-order valence-electron chi connectivity index (χ4n) is 3.00. The first-order chi connectivity index (χ1) is 12.0. The maximum atomic E-state index is 12.0. The van der Waals surface area contributed by atoms with Crippen molar-refractivity contribution in [3.63, 3.8) is 0 Å². The summed E-state index contributed by atoms with van der Waals surface area (Å²) in [6.45, 7) is 7.32. The van der Waals surface area contributed by atoms with E-state index in [9.17, 15) is 4.79 Å². The molecule has 2 rings (SSSR count). The van der Waals surface area contributed by atoms with Crippen molar-refractivity contribution in [3.05, 3.63) is 23.9 Å². The normalized spacial score (nSPS) is 15.6.